The van der Waals surface area contributed by atoms with E-state index in [1.165, 1.54) is 27.9 Å². The largest absolute Gasteiger partial charge is 0.346 e. The van der Waals surface area contributed by atoms with Crippen LogP contribution in [0.15, 0.2) is 36.5 Å². The first-order valence-electron chi connectivity index (χ1n) is 8.72. The fraction of sp³-hybridized carbons (Fsp3) is 0.400. The first-order chi connectivity index (χ1) is 11.6. The molecular formula is C20H24N4. The summed E-state index contributed by atoms with van der Waals surface area (Å²) in [6.45, 7) is 7.25. The molecule has 4 heteroatoms. The molecule has 0 saturated carbocycles. The van der Waals surface area contributed by atoms with E-state index in [1.807, 2.05) is 6.20 Å². The van der Waals surface area contributed by atoms with Crippen LogP contribution in [0.25, 0.3) is 10.9 Å². The predicted molar refractivity (Wildman–Crippen MR) is 96.9 cm³/mol. The molecule has 0 unspecified atom stereocenters. The summed E-state index contributed by atoms with van der Waals surface area (Å²) in [4.78, 5) is 11.8. The molecule has 0 aliphatic carbocycles. The van der Waals surface area contributed by atoms with E-state index in [4.69, 9.17) is 4.98 Å². The van der Waals surface area contributed by atoms with Crippen LogP contribution in [0.4, 0.5) is 0 Å². The Hall–Kier alpha value is -2.20. The molecule has 0 atom stereocenters. The van der Waals surface area contributed by atoms with Crippen LogP contribution < -0.4 is 0 Å². The van der Waals surface area contributed by atoms with Crippen LogP contribution in [-0.2, 0) is 26.6 Å². The maximum atomic E-state index is 4.81. The molecule has 0 spiro atoms. The number of nitrogens with zero attached hydrogens (tertiary/aromatic N) is 4. The fourth-order valence-corrected chi connectivity index (χ4v) is 3.51. The molecule has 1 aliphatic heterocycles. The standard InChI is InChI=1S/C20H24N4/c1-14(2)20-21-11-16-8-9-24(13-18(16)22-20)12-17-10-15-6-4-5-7-19(15)23(17)3/h4-7,10-11,14H,8-9,12-13H2,1-3H3. The summed E-state index contributed by atoms with van der Waals surface area (Å²) in [6.07, 6.45) is 3.07. The lowest BCUT2D eigenvalue weighted by molar-refractivity contribution is 0.236. The Bertz CT molecular complexity index is 878. The average Bonchev–Trinajstić information content (AvgIpc) is 2.90. The van der Waals surface area contributed by atoms with Crippen molar-refractivity contribution in [3.8, 4) is 0 Å². The van der Waals surface area contributed by atoms with Gasteiger partial charge in [-0.2, -0.15) is 0 Å². The molecule has 4 nitrogen and oxygen atoms in total. The summed E-state index contributed by atoms with van der Waals surface area (Å²) < 4.78 is 2.31. The van der Waals surface area contributed by atoms with E-state index in [0.29, 0.717) is 5.92 Å². The van der Waals surface area contributed by atoms with Crippen molar-refractivity contribution >= 4 is 10.9 Å². The number of aryl methyl sites for hydroxylation is 1. The second-order valence-corrected chi connectivity index (χ2v) is 7.07. The number of rotatable bonds is 3. The van der Waals surface area contributed by atoms with Crippen molar-refractivity contribution in [2.24, 2.45) is 7.05 Å². The molecular weight excluding hydrogens is 296 g/mol. The van der Waals surface area contributed by atoms with Gasteiger partial charge in [0.25, 0.3) is 0 Å². The third-order valence-electron chi connectivity index (χ3n) is 5.00. The van der Waals surface area contributed by atoms with Crippen LogP contribution >= 0.6 is 0 Å². The maximum absolute atomic E-state index is 4.81. The molecule has 3 aromatic rings. The lowest BCUT2D eigenvalue weighted by Gasteiger charge is -2.28. The third-order valence-corrected chi connectivity index (χ3v) is 5.00. The van der Waals surface area contributed by atoms with E-state index in [0.717, 1.165) is 31.9 Å². The highest BCUT2D eigenvalue weighted by molar-refractivity contribution is 5.81. The quantitative estimate of drug-likeness (QED) is 0.739. The first kappa shape index (κ1) is 15.3. The summed E-state index contributed by atoms with van der Waals surface area (Å²) >= 11 is 0. The molecule has 1 aromatic carbocycles. The summed E-state index contributed by atoms with van der Waals surface area (Å²) in [7, 11) is 2.16. The molecule has 3 heterocycles. The Morgan fingerprint density at radius 2 is 2.04 bits per heavy atom. The number of hydrogen-bond acceptors (Lipinski definition) is 3. The van der Waals surface area contributed by atoms with Crippen molar-refractivity contribution in [1.29, 1.82) is 0 Å². The molecule has 24 heavy (non-hydrogen) atoms. The Morgan fingerprint density at radius 3 is 2.83 bits per heavy atom. The van der Waals surface area contributed by atoms with Crippen LogP contribution in [0.5, 0.6) is 0 Å². The minimum absolute atomic E-state index is 0.379. The van der Waals surface area contributed by atoms with E-state index < -0.39 is 0 Å². The van der Waals surface area contributed by atoms with Crippen molar-refractivity contribution in [1.82, 2.24) is 19.4 Å². The first-order valence-corrected chi connectivity index (χ1v) is 8.72. The normalized spacial score (nSPS) is 15.2. The number of para-hydroxylation sites is 1. The predicted octanol–water partition coefficient (Wildman–Crippen LogP) is 3.65. The average molecular weight is 320 g/mol. The SMILES string of the molecule is CC(C)c1ncc2c(n1)CN(Cc1cc3ccccc3n1C)CC2. The Kier molecular flexibility index (Phi) is 3.85. The molecule has 1 aliphatic rings. The lowest BCUT2D eigenvalue weighted by atomic mass is 10.1. The van der Waals surface area contributed by atoms with Gasteiger partial charge in [0.2, 0.25) is 0 Å². The highest BCUT2D eigenvalue weighted by Gasteiger charge is 2.20. The van der Waals surface area contributed by atoms with Crippen LogP contribution in [0, 0.1) is 0 Å². The van der Waals surface area contributed by atoms with Gasteiger partial charge in [-0.25, -0.2) is 9.97 Å². The number of hydrogen-bond donors (Lipinski definition) is 0. The van der Waals surface area contributed by atoms with E-state index in [-0.39, 0.29) is 0 Å². The maximum Gasteiger partial charge on any atom is 0.131 e. The zero-order chi connectivity index (χ0) is 16.7. The zero-order valence-electron chi connectivity index (χ0n) is 14.7. The van der Waals surface area contributed by atoms with E-state index in [1.54, 1.807) is 0 Å². The Balaban J connectivity index is 1.58. The highest BCUT2D eigenvalue weighted by atomic mass is 15.2. The summed E-state index contributed by atoms with van der Waals surface area (Å²) in [5.74, 6) is 1.34. The number of aromatic nitrogens is 3. The van der Waals surface area contributed by atoms with Crippen LogP contribution in [0.2, 0.25) is 0 Å². The summed E-state index contributed by atoms with van der Waals surface area (Å²) in [5.41, 5.74) is 5.18. The van der Waals surface area contributed by atoms with Gasteiger partial charge in [0.1, 0.15) is 5.82 Å². The molecule has 124 valence electrons. The van der Waals surface area contributed by atoms with Crippen molar-refractivity contribution in [3.63, 3.8) is 0 Å². The third kappa shape index (κ3) is 2.71. The van der Waals surface area contributed by atoms with E-state index >= 15 is 0 Å². The monoisotopic (exact) mass is 320 g/mol. The summed E-state index contributed by atoms with van der Waals surface area (Å²) in [5, 5.41) is 1.32. The van der Waals surface area contributed by atoms with Crippen molar-refractivity contribution in [2.75, 3.05) is 6.54 Å². The van der Waals surface area contributed by atoms with Crippen LogP contribution in [0.1, 0.15) is 42.5 Å². The topological polar surface area (TPSA) is 34.0 Å². The second-order valence-electron chi connectivity index (χ2n) is 7.07. The lowest BCUT2D eigenvalue weighted by Crippen LogP contribution is -2.31. The van der Waals surface area contributed by atoms with Gasteiger partial charge in [0.15, 0.2) is 0 Å². The van der Waals surface area contributed by atoms with Crippen LogP contribution in [-0.4, -0.2) is 26.0 Å². The minimum atomic E-state index is 0.379. The van der Waals surface area contributed by atoms with E-state index in [9.17, 15) is 0 Å². The molecule has 0 radical (unpaired) electrons. The van der Waals surface area contributed by atoms with Gasteiger partial charge in [-0.05, 0) is 29.5 Å². The van der Waals surface area contributed by atoms with Gasteiger partial charge < -0.3 is 4.57 Å². The van der Waals surface area contributed by atoms with E-state index in [2.05, 4.69) is 65.7 Å². The molecule has 0 bridgehead atoms. The molecule has 0 fully saturated rings. The molecule has 0 amide bonds. The number of benzene rings is 1. The minimum Gasteiger partial charge on any atom is -0.346 e. The van der Waals surface area contributed by atoms with Crippen LogP contribution in [0.3, 0.4) is 0 Å². The molecule has 0 saturated heterocycles. The summed E-state index contributed by atoms with van der Waals surface area (Å²) in [6, 6.07) is 10.9. The van der Waals surface area contributed by atoms with Gasteiger partial charge in [-0.1, -0.05) is 32.0 Å². The van der Waals surface area contributed by atoms with Gasteiger partial charge in [0.05, 0.1) is 5.69 Å². The number of fused-ring (bicyclic) bond motifs is 2. The van der Waals surface area contributed by atoms with Crippen molar-refractivity contribution in [2.45, 2.75) is 39.3 Å². The van der Waals surface area contributed by atoms with Gasteiger partial charge >= 0.3 is 0 Å². The Morgan fingerprint density at radius 1 is 1.21 bits per heavy atom. The Labute approximate surface area is 143 Å². The highest BCUT2D eigenvalue weighted by Crippen LogP contribution is 2.23. The zero-order valence-corrected chi connectivity index (χ0v) is 14.7. The smallest absolute Gasteiger partial charge is 0.131 e. The van der Waals surface area contributed by atoms with Gasteiger partial charge in [-0.15, -0.1) is 0 Å². The molecule has 4 rings (SSSR count). The second kappa shape index (κ2) is 6.02. The molecule has 0 N–H and O–H groups in total. The van der Waals surface area contributed by atoms with Gasteiger partial charge in [0, 0.05) is 50.0 Å². The molecule has 2 aromatic heterocycles. The van der Waals surface area contributed by atoms with Crippen molar-refractivity contribution in [3.05, 3.63) is 59.3 Å². The van der Waals surface area contributed by atoms with Gasteiger partial charge in [-0.3, -0.25) is 4.90 Å². The van der Waals surface area contributed by atoms with Crippen molar-refractivity contribution < 1.29 is 0 Å². The fourth-order valence-electron chi connectivity index (χ4n) is 3.51.